The summed E-state index contributed by atoms with van der Waals surface area (Å²) in [5.41, 5.74) is -0.393. The van der Waals surface area contributed by atoms with E-state index in [1.807, 2.05) is 20.8 Å². The van der Waals surface area contributed by atoms with Crippen LogP contribution in [0, 0.1) is 0 Å². The minimum atomic E-state index is -4.45. The van der Waals surface area contributed by atoms with Crippen molar-refractivity contribution in [2.75, 3.05) is 11.4 Å². The van der Waals surface area contributed by atoms with E-state index in [-0.39, 0.29) is 23.5 Å². The summed E-state index contributed by atoms with van der Waals surface area (Å²) in [6.45, 7) is 6.34. The third kappa shape index (κ3) is 5.32. The van der Waals surface area contributed by atoms with E-state index in [2.05, 4.69) is 10.1 Å². The first-order chi connectivity index (χ1) is 13.6. The number of benzene rings is 1. The van der Waals surface area contributed by atoms with Crippen LogP contribution in [0.3, 0.4) is 0 Å². The zero-order valence-corrected chi connectivity index (χ0v) is 17.4. The van der Waals surface area contributed by atoms with Gasteiger partial charge < -0.3 is 9.42 Å². The van der Waals surface area contributed by atoms with Crippen molar-refractivity contribution in [1.29, 1.82) is 0 Å². The van der Waals surface area contributed by atoms with Crippen molar-refractivity contribution in [2.45, 2.75) is 68.7 Å². The van der Waals surface area contributed by atoms with Gasteiger partial charge in [-0.2, -0.15) is 18.2 Å². The maximum Gasteiger partial charge on any atom is 0.416 e. The largest absolute Gasteiger partial charge is 0.416 e. The van der Waals surface area contributed by atoms with E-state index in [1.165, 1.54) is 22.7 Å². The van der Waals surface area contributed by atoms with E-state index in [0.29, 0.717) is 48.1 Å². The molecule has 2 aromatic rings. The Labute approximate surface area is 172 Å². The number of amides is 1. The van der Waals surface area contributed by atoms with Crippen LogP contribution in [-0.4, -0.2) is 27.8 Å². The molecule has 1 amide bonds. The van der Waals surface area contributed by atoms with Crippen LogP contribution in [0.15, 0.2) is 27.6 Å². The predicted octanol–water partition coefficient (Wildman–Crippen LogP) is 5.45. The Morgan fingerprint density at radius 1 is 1.38 bits per heavy atom. The van der Waals surface area contributed by atoms with Gasteiger partial charge in [-0.15, -0.1) is 11.8 Å². The molecule has 1 unspecified atom stereocenters. The first kappa shape index (κ1) is 21.7. The number of aryl methyl sites for hydroxylation is 1. The second kappa shape index (κ2) is 8.77. The van der Waals surface area contributed by atoms with Gasteiger partial charge in [-0.05, 0) is 31.0 Å². The number of carbonyl (C=O) groups is 1. The van der Waals surface area contributed by atoms with Crippen LogP contribution in [0.4, 0.5) is 18.9 Å². The molecule has 3 rings (SSSR count). The highest BCUT2D eigenvalue weighted by atomic mass is 32.2. The van der Waals surface area contributed by atoms with E-state index in [0.717, 1.165) is 12.1 Å². The zero-order valence-electron chi connectivity index (χ0n) is 16.6. The summed E-state index contributed by atoms with van der Waals surface area (Å²) >= 11 is 1.50. The van der Waals surface area contributed by atoms with Gasteiger partial charge in [0, 0.05) is 35.4 Å². The number of hydrogen-bond acceptors (Lipinski definition) is 5. The van der Waals surface area contributed by atoms with Gasteiger partial charge >= 0.3 is 6.18 Å². The predicted molar refractivity (Wildman–Crippen MR) is 105 cm³/mol. The maximum atomic E-state index is 13.2. The van der Waals surface area contributed by atoms with Crippen molar-refractivity contribution < 1.29 is 22.5 Å². The highest BCUT2D eigenvalue weighted by molar-refractivity contribution is 8.00. The monoisotopic (exact) mass is 427 g/mol. The van der Waals surface area contributed by atoms with Crippen LogP contribution in [0.1, 0.15) is 63.2 Å². The Kier molecular flexibility index (Phi) is 6.55. The molecule has 29 heavy (non-hydrogen) atoms. The van der Waals surface area contributed by atoms with Gasteiger partial charge in [0.25, 0.3) is 0 Å². The second-order valence-corrected chi connectivity index (χ2v) is 8.98. The quantitative estimate of drug-likeness (QED) is 0.635. The molecule has 2 heterocycles. The molecule has 0 spiro atoms. The molecule has 9 heteroatoms. The Balaban J connectivity index is 1.72. The summed E-state index contributed by atoms with van der Waals surface area (Å²) in [7, 11) is 0. The van der Waals surface area contributed by atoms with Crippen molar-refractivity contribution in [3.05, 3.63) is 35.5 Å². The molecule has 158 valence electrons. The number of aromatic nitrogens is 2. The minimum absolute atomic E-state index is 0.157. The molecule has 1 aliphatic rings. The summed E-state index contributed by atoms with van der Waals surface area (Å²) in [6.07, 6.45) is -2.58. The number of nitrogens with zero attached hydrogens (tertiary/aromatic N) is 3. The van der Waals surface area contributed by atoms with E-state index >= 15 is 0 Å². The van der Waals surface area contributed by atoms with Crippen molar-refractivity contribution >= 4 is 23.4 Å². The molecule has 5 nitrogen and oxygen atoms in total. The zero-order chi connectivity index (χ0) is 21.2. The summed E-state index contributed by atoms with van der Waals surface area (Å²) in [4.78, 5) is 19.3. The molecule has 0 bridgehead atoms. The molecule has 0 saturated carbocycles. The van der Waals surface area contributed by atoms with Crippen LogP contribution in [0.5, 0.6) is 0 Å². The van der Waals surface area contributed by atoms with Crippen molar-refractivity contribution in [3.8, 4) is 0 Å². The molecule has 1 atom stereocenters. The van der Waals surface area contributed by atoms with Crippen LogP contribution in [0.2, 0.25) is 0 Å². The number of anilines is 1. The fraction of sp³-hybridized carbons (Fsp3) is 0.550. The molecule has 0 N–H and O–H groups in total. The minimum Gasteiger partial charge on any atom is -0.339 e. The molecule has 1 aromatic carbocycles. The molecule has 1 aromatic heterocycles. The van der Waals surface area contributed by atoms with Crippen molar-refractivity contribution in [2.24, 2.45) is 0 Å². The fourth-order valence-corrected chi connectivity index (χ4v) is 4.19. The Bertz CT molecular complexity index is 867. The first-order valence-electron chi connectivity index (χ1n) is 9.66. The molecular weight excluding hydrogens is 403 g/mol. The summed E-state index contributed by atoms with van der Waals surface area (Å²) in [5.74, 6) is 1.06. The Morgan fingerprint density at radius 2 is 2.14 bits per heavy atom. The summed E-state index contributed by atoms with van der Waals surface area (Å²) < 4.78 is 44.7. The van der Waals surface area contributed by atoms with Gasteiger partial charge in [-0.25, -0.2) is 0 Å². The third-order valence-electron chi connectivity index (χ3n) is 4.75. The van der Waals surface area contributed by atoms with E-state index in [4.69, 9.17) is 4.52 Å². The number of halogens is 3. The van der Waals surface area contributed by atoms with E-state index in [9.17, 15) is 18.0 Å². The SMILES string of the molecule is CC1CCN(C(=O)CCCc2nc(C(C)C)no2)c2cc(C(F)(F)F)ccc2S1. The van der Waals surface area contributed by atoms with Gasteiger partial charge in [-0.3, -0.25) is 4.79 Å². The Hall–Kier alpha value is -2.03. The first-order valence-corrected chi connectivity index (χ1v) is 10.5. The van der Waals surface area contributed by atoms with Crippen LogP contribution in [0.25, 0.3) is 0 Å². The Morgan fingerprint density at radius 3 is 2.79 bits per heavy atom. The van der Waals surface area contributed by atoms with E-state index in [1.54, 1.807) is 0 Å². The molecule has 0 fully saturated rings. The number of hydrogen-bond donors (Lipinski definition) is 0. The molecule has 1 aliphatic heterocycles. The second-order valence-electron chi connectivity index (χ2n) is 7.50. The lowest BCUT2D eigenvalue weighted by Crippen LogP contribution is -2.32. The number of fused-ring (bicyclic) bond motifs is 1. The van der Waals surface area contributed by atoms with Crippen LogP contribution in [-0.2, 0) is 17.4 Å². The maximum absolute atomic E-state index is 13.2. The lowest BCUT2D eigenvalue weighted by molar-refractivity contribution is -0.137. The molecule has 0 saturated heterocycles. The highest BCUT2D eigenvalue weighted by Gasteiger charge is 2.33. The topological polar surface area (TPSA) is 59.2 Å². The molecular formula is C20H24F3N3O2S. The average molecular weight is 427 g/mol. The van der Waals surface area contributed by atoms with Gasteiger partial charge in [0.2, 0.25) is 11.8 Å². The van der Waals surface area contributed by atoms with Gasteiger partial charge in [-0.1, -0.05) is 25.9 Å². The number of thioether (sulfide) groups is 1. The third-order valence-corrected chi connectivity index (χ3v) is 5.98. The number of alkyl halides is 3. The van der Waals surface area contributed by atoms with Crippen LogP contribution < -0.4 is 4.90 Å². The van der Waals surface area contributed by atoms with Crippen molar-refractivity contribution in [1.82, 2.24) is 10.1 Å². The average Bonchev–Trinajstić information content (AvgIpc) is 3.04. The van der Waals surface area contributed by atoms with Gasteiger partial charge in [0.05, 0.1) is 11.3 Å². The van der Waals surface area contributed by atoms with Crippen LogP contribution >= 0.6 is 11.8 Å². The summed E-state index contributed by atoms with van der Waals surface area (Å²) in [6, 6.07) is 3.64. The lowest BCUT2D eigenvalue weighted by atomic mass is 10.1. The standard InChI is InChI=1S/C20H24F3N3O2S/c1-12(2)19-24-17(28-25-19)5-4-6-18(27)26-10-9-13(3)29-16-8-7-14(11-15(16)26)20(21,22)23/h7-8,11-13H,4-6,9-10H2,1-3H3. The smallest absolute Gasteiger partial charge is 0.339 e. The highest BCUT2D eigenvalue weighted by Crippen LogP contribution is 2.41. The van der Waals surface area contributed by atoms with Gasteiger partial charge in [0.1, 0.15) is 0 Å². The van der Waals surface area contributed by atoms with Gasteiger partial charge in [0.15, 0.2) is 5.82 Å². The molecule has 0 aliphatic carbocycles. The molecule has 0 radical (unpaired) electrons. The number of carbonyl (C=O) groups excluding carboxylic acids is 1. The number of rotatable bonds is 5. The van der Waals surface area contributed by atoms with Crippen molar-refractivity contribution in [3.63, 3.8) is 0 Å². The van der Waals surface area contributed by atoms with E-state index < -0.39 is 11.7 Å². The fourth-order valence-electron chi connectivity index (χ4n) is 3.10. The summed E-state index contributed by atoms with van der Waals surface area (Å²) in [5, 5.41) is 4.11. The lowest BCUT2D eigenvalue weighted by Gasteiger charge is -2.23. The normalized spacial score (nSPS) is 17.3.